The van der Waals surface area contributed by atoms with Crippen molar-refractivity contribution >= 4 is 50.9 Å². The standard InChI is InChI=1S/C19H17BrClN5O2S/c1-10-23-24-19-26(10)25-16(11-3-8-15(28-2)14(20)9-11)17(29-19)18(27)22-13-6-4-12(21)5-7-13/h3-9,16-17,25H,1-2H3,(H,22,27)/t16-,17+/m1/s1. The van der Waals surface area contributed by atoms with Gasteiger partial charge in [0.1, 0.15) is 16.8 Å². The Labute approximate surface area is 185 Å². The molecule has 0 saturated carbocycles. The van der Waals surface area contributed by atoms with Gasteiger partial charge in [-0.3, -0.25) is 4.79 Å². The van der Waals surface area contributed by atoms with Crippen LogP contribution in [0.1, 0.15) is 17.4 Å². The summed E-state index contributed by atoms with van der Waals surface area (Å²) in [5.41, 5.74) is 4.99. The van der Waals surface area contributed by atoms with Gasteiger partial charge >= 0.3 is 0 Å². The average molecular weight is 495 g/mol. The summed E-state index contributed by atoms with van der Waals surface area (Å²) < 4.78 is 7.94. The quantitative estimate of drug-likeness (QED) is 0.559. The molecule has 4 rings (SSSR count). The first-order chi connectivity index (χ1) is 14.0. The molecule has 2 heterocycles. The lowest BCUT2D eigenvalue weighted by Crippen LogP contribution is -2.41. The van der Waals surface area contributed by atoms with E-state index in [1.165, 1.54) is 11.8 Å². The maximum absolute atomic E-state index is 13.2. The number of fused-ring (bicyclic) bond motifs is 1. The van der Waals surface area contributed by atoms with Gasteiger partial charge in [0.2, 0.25) is 11.1 Å². The third-order valence-electron chi connectivity index (χ3n) is 4.50. The van der Waals surface area contributed by atoms with Gasteiger partial charge in [-0.15, -0.1) is 10.2 Å². The smallest absolute Gasteiger partial charge is 0.240 e. The first-order valence-corrected chi connectivity index (χ1v) is 10.8. The number of anilines is 1. The monoisotopic (exact) mass is 493 g/mol. The molecule has 150 valence electrons. The zero-order valence-corrected chi connectivity index (χ0v) is 18.7. The summed E-state index contributed by atoms with van der Waals surface area (Å²) in [6, 6.07) is 12.5. The van der Waals surface area contributed by atoms with E-state index in [4.69, 9.17) is 16.3 Å². The van der Waals surface area contributed by atoms with Crippen molar-refractivity contribution in [2.45, 2.75) is 23.4 Å². The highest BCUT2D eigenvalue weighted by atomic mass is 79.9. The number of nitrogens with one attached hydrogen (secondary N) is 2. The van der Waals surface area contributed by atoms with Crippen LogP contribution in [0, 0.1) is 6.92 Å². The van der Waals surface area contributed by atoms with Crippen LogP contribution in [-0.2, 0) is 4.79 Å². The van der Waals surface area contributed by atoms with E-state index in [-0.39, 0.29) is 11.9 Å². The Kier molecular flexibility index (Phi) is 5.71. The average Bonchev–Trinajstić information content (AvgIpc) is 3.08. The number of rotatable bonds is 4. The number of nitrogens with zero attached hydrogens (tertiary/aromatic N) is 3. The number of thioether (sulfide) groups is 1. The lowest BCUT2D eigenvalue weighted by molar-refractivity contribution is -0.116. The van der Waals surface area contributed by atoms with Crippen LogP contribution in [0.4, 0.5) is 5.69 Å². The fourth-order valence-corrected chi connectivity index (χ4v) is 4.84. The van der Waals surface area contributed by atoms with E-state index in [1.54, 1.807) is 36.1 Å². The molecule has 2 atom stereocenters. The fraction of sp³-hybridized carbons (Fsp3) is 0.211. The fourth-order valence-electron chi connectivity index (χ4n) is 3.03. The number of aromatic nitrogens is 3. The van der Waals surface area contributed by atoms with Gasteiger partial charge in [-0.2, -0.15) is 0 Å². The van der Waals surface area contributed by atoms with Gasteiger partial charge in [-0.25, -0.2) is 4.68 Å². The van der Waals surface area contributed by atoms with Crippen LogP contribution in [-0.4, -0.2) is 33.1 Å². The minimum Gasteiger partial charge on any atom is -0.496 e. The number of hydrogen-bond acceptors (Lipinski definition) is 6. The van der Waals surface area contributed by atoms with Crippen LogP contribution in [0.25, 0.3) is 0 Å². The van der Waals surface area contributed by atoms with Crippen molar-refractivity contribution in [1.82, 2.24) is 14.9 Å². The maximum Gasteiger partial charge on any atom is 0.240 e. The van der Waals surface area contributed by atoms with Crippen molar-refractivity contribution in [2.75, 3.05) is 17.9 Å². The predicted octanol–water partition coefficient (Wildman–Crippen LogP) is 4.41. The van der Waals surface area contributed by atoms with Crippen molar-refractivity contribution < 1.29 is 9.53 Å². The molecule has 0 spiro atoms. The van der Waals surface area contributed by atoms with Gasteiger partial charge in [-0.1, -0.05) is 29.4 Å². The summed E-state index contributed by atoms with van der Waals surface area (Å²) in [6.07, 6.45) is 0. The Morgan fingerprint density at radius 1 is 1.28 bits per heavy atom. The molecule has 0 bridgehead atoms. The molecule has 29 heavy (non-hydrogen) atoms. The number of methoxy groups -OCH3 is 1. The van der Waals surface area contributed by atoms with Crippen molar-refractivity contribution in [3.8, 4) is 5.75 Å². The Balaban J connectivity index is 1.67. The van der Waals surface area contributed by atoms with Crippen molar-refractivity contribution in [2.24, 2.45) is 0 Å². The number of halogens is 2. The second-order valence-electron chi connectivity index (χ2n) is 6.40. The van der Waals surface area contributed by atoms with Crippen LogP contribution in [0.3, 0.4) is 0 Å². The second-order valence-corrected chi connectivity index (χ2v) is 8.80. The number of amides is 1. The van der Waals surface area contributed by atoms with Crippen LogP contribution < -0.4 is 15.5 Å². The molecule has 0 radical (unpaired) electrons. The number of aryl methyl sites for hydroxylation is 1. The third kappa shape index (κ3) is 4.08. The van der Waals surface area contributed by atoms with Crippen molar-refractivity contribution in [1.29, 1.82) is 0 Å². The molecule has 2 N–H and O–H groups in total. The highest BCUT2D eigenvalue weighted by molar-refractivity contribution is 9.10. The highest BCUT2D eigenvalue weighted by Gasteiger charge is 2.37. The van der Waals surface area contributed by atoms with E-state index in [0.717, 1.165) is 21.6 Å². The van der Waals surface area contributed by atoms with Gasteiger partial charge in [0, 0.05) is 10.7 Å². The van der Waals surface area contributed by atoms with E-state index < -0.39 is 5.25 Å². The van der Waals surface area contributed by atoms with Gasteiger partial charge in [0.25, 0.3) is 0 Å². The van der Waals surface area contributed by atoms with E-state index in [0.29, 0.717) is 15.9 Å². The number of benzene rings is 2. The Morgan fingerprint density at radius 2 is 2.03 bits per heavy atom. The van der Waals surface area contributed by atoms with E-state index in [9.17, 15) is 4.79 Å². The van der Waals surface area contributed by atoms with Crippen LogP contribution in [0.15, 0.2) is 52.1 Å². The molecule has 1 aromatic heterocycles. The first-order valence-electron chi connectivity index (χ1n) is 8.71. The van der Waals surface area contributed by atoms with Gasteiger partial charge in [0.05, 0.1) is 17.6 Å². The van der Waals surface area contributed by atoms with Crippen molar-refractivity contribution in [3.63, 3.8) is 0 Å². The number of ether oxygens (including phenoxy) is 1. The molecular weight excluding hydrogens is 478 g/mol. The molecule has 0 saturated heterocycles. The largest absolute Gasteiger partial charge is 0.496 e. The molecule has 10 heteroatoms. The molecule has 2 aromatic carbocycles. The summed E-state index contributed by atoms with van der Waals surface area (Å²) in [5, 5.41) is 12.0. The van der Waals surface area contributed by atoms with E-state index in [2.05, 4.69) is 36.9 Å². The number of hydrogen-bond donors (Lipinski definition) is 2. The molecule has 1 amide bonds. The molecule has 7 nitrogen and oxygen atoms in total. The minimum atomic E-state index is -0.470. The van der Waals surface area contributed by atoms with Gasteiger partial charge in [-0.05, 0) is 64.8 Å². The zero-order chi connectivity index (χ0) is 20.5. The van der Waals surface area contributed by atoms with E-state index in [1.807, 2.05) is 25.1 Å². The van der Waals surface area contributed by atoms with Crippen LogP contribution in [0.2, 0.25) is 5.02 Å². The van der Waals surface area contributed by atoms with Gasteiger partial charge < -0.3 is 15.5 Å². The lowest BCUT2D eigenvalue weighted by atomic mass is 10.0. The van der Waals surface area contributed by atoms with Crippen LogP contribution >= 0.6 is 39.3 Å². The maximum atomic E-state index is 13.2. The topological polar surface area (TPSA) is 81.1 Å². The molecular formula is C19H17BrClN5O2S. The molecule has 3 aromatic rings. The summed E-state index contributed by atoms with van der Waals surface area (Å²) >= 11 is 10.8. The molecule has 0 aliphatic carbocycles. The Hall–Kier alpha value is -2.23. The van der Waals surface area contributed by atoms with Gasteiger partial charge in [0.15, 0.2) is 0 Å². The number of carbonyl (C=O) groups excluding carboxylic acids is 1. The molecule has 1 aliphatic rings. The summed E-state index contributed by atoms with van der Waals surface area (Å²) in [7, 11) is 1.61. The minimum absolute atomic E-state index is 0.145. The summed E-state index contributed by atoms with van der Waals surface area (Å²) in [5.74, 6) is 1.30. The Morgan fingerprint density at radius 3 is 2.72 bits per heavy atom. The van der Waals surface area contributed by atoms with Crippen LogP contribution in [0.5, 0.6) is 5.75 Å². The highest BCUT2D eigenvalue weighted by Crippen LogP contribution is 2.39. The zero-order valence-electron chi connectivity index (χ0n) is 15.5. The normalized spacial score (nSPS) is 17.9. The molecule has 1 aliphatic heterocycles. The predicted molar refractivity (Wildman–Crippen MR) is 117 cm³/mol. The number of carbonyl (C=O) groups is 1. The van der Waals surface area contributed by atoms with Crippen molar-refractivity contribution in [3.05, 3.63) is 63.3 Å². The van der Waals surface area contributed by atoms with E-state index >= 15 is 0 Å². The summed E-state index contributed by atoms with van der Waals surface area (Å²) in [4.78, 5) is 13.2. The lowest BCUT2D eigenvalue weighted by Gasteiger charge is -2.33. The first kappa shape index (κ1) is 20.1. The molecule has 0 fully saturated rings. The molecule has 0 unspecified atom stereocenters. The third-order valence-corrected chi connectivity index (χ3v) is 6.59. The Bertz CT molecular complexity index is 1060. The summed E-state index contributed by atoms with van der Waals surface area (Å²) in [6.45, 7) is 1.86. The SMILES string of the molecule is COc1ccc([C@H]2Nn3c(C)nnc3S[C@@H]2C(=O)Nc2ccc(Cl)cc2)cc1Br. The second kappa shape index (κ2) is 8.25.